The van der Waals surface area contributed by atoms with Crippen LogP contribution in [0.1, 0.15) is 60.6 Å². The van der Waals surface area contributed by atoms with E-state index in [1.54, 1.807) is 12.7 Å². The number of ether oxygens (including phenoxy) is 2. The number of benzene rings is 3. The second-order valence-electron chi connectivity index (χ2n) is 12.1. The molecule has 0 N–H and O–H groups in total. The second-order valence-corrected chi connectivity index (χ2v) is 12.1. The highest BCUT2D eigenvalue weighted by atomic mass is 16.5. The lowest BCUT2D eigenvalue weighted by atomic mass is 9.86. The van der Waals surface area contributed by atoms with Crippen molar-refractivity contribution in [3.05, 3.63) is 93.6 Å². The Hall–Kier alpha value is -3.24. The molecule has 3 aromatic rings. The summed E-state index contributed by atoms with van der Waals surface area (Å²) in [5, 5.41) is 0. The first-order valence-corrected chi connectivity index (χ1v) is 15.0. The van der Waals surface area contributed by atoms with Crippen molar-refractivity contribution in [2.24, 2.45) is 5.92 Å². The largest absolute Gasteiger partial charge is 0.496 e. The Morgan fingerprint density at radius 1 is 0.850 bits per heavy atom. The number of nitrogens with zero attached hydrogens (tertiary/aromatic N) is 2. The van der Waals surface area contributed by atoms with Crippen molar-refractivity contribution in [2.45, 2.75) is 60.5 Å². The molecule has 40 heavy (non-hydrogen) atoms. The van der Waals surface area contributed by atoms with Gasteiger partial charge in [0.25, 0.3) is 0 Å². The third-order valence-corrected chi connectivity index (χ3v) is 8.59. The van der Waals surface area contributed by atoms with Crippen molar-refractivity contribution in [1.29, 1.82) is 0 Å². The fraction of sp³-hybridized carbons (Fsp3) is 0.444. The van der Waals surface area contributed by atoms with Crippen molar-refractivity contribution in [3.63, 3.8) is 0 Å². The van der Waals surface area contributed by atoms with Gasteiger partial charge in [-0.2, -0.15) is 0 Å². The predicted octanol–water partition coefficient (Wildman–Crippen LogP) is 7.63. The Labute approximate surface area is 241 Å². The van der Waals surface area contributed by atoms with E-state index in [2.05, 4.69) is 99.0 Å². The molecule has 1 aliphatic carbocycles. The van der Waals surface area contributed by atoms with Gasteiger partial charge in [-0.25, -0.2) is 0 Å². The van der Waals surface area contributed by atoms with E-state index >= 15 is 0 Å². The van der Waals surface area contributed by atoms with E-state index in [1.807, 2.05) is 0 Å². The summed E-state index contributed by atoms with van der Waals surface area (Å²) in [4.78, 5) is 5.20. The van der Waals surface area contributed by atoms with Crippen LogP contribution < -0.4 is 14.4 Å². The molecule has 212 valence electrons. The third kappa shape index (κ3) is 6.55. The molecule has 1 heterocycles. The average Bonchev–Trinajstić information content (AvgIpc) is 2.95. The van der Waals surface area contributed by atoms with Crippen LogP contribution in [-0.2, 0) is 19.4 Å². The first-order valence-electron chi connectivity index (χ1n) is 15.0. The maximum atomic E-state index is 6.26. The zero-order valence-electron chi connectivity index (χ0n) is 25.3. The number of hydrogen-bond donors (Lipinski definition) is 0. The van der Waals surface area contributed by atoms with Crippen LogP contribution in [0.15, 0.2) is 60.2 Å². The van der Waals surface area contributed by atoms with Gasteiger partial charge in [-0.1, -0.05) is 49.8 Å². The summed E-state index contributed by atoms with van der Waals surface area (Å²) in [5.74, 6) is 2.47. The van der Waals surface area contributed by atoms with Crippen LogP contribution in [0, 0.1) is 19.8 Å². The Kier molecular flexibility index (Phi) is 8.85. The highest BCUT2D eigenvalue weighted by Gasteiger charge is 2.23. The van der Waals surface area contributed by atoms with Crippen molar-refractivity contribution >= 4 is 11.3 Å². The van der Waals surface area contributed by atoms with E-state index in [9.17, 15) is 0 Å². The number of rotatable bonds is 9. The number of aryl methyl sites for hydroxylation is 3. The Bertz CT molecular complexity index is 1370. The third-order valence-electron chi connectivity index (χ3n) is 8.59. The summed E-state index contributed by atoms with van der Waals surface area (Å²) in [6.45, 7) is 17.2. The van der Waals surface area contributed by atoms with Crippen LogP contribution in [-0.4, -0.2) is 44.7 Å². The molecule has 4 nitrogen and oxygen atoms in total. The monoisotopic (exact) mass is 538 g/mol. The van der Waals surface area contributed by atoms with E-state index in [4.69, 9.17) is 9.47 Å². The second kappa shape index (κ2) is 12.5. The average molecular weight is 539 g/mol. The first-order chi connectivity index (χ1) is 19.3. The fourth-order valence-electron chi connectivity index (χ4n) is 6.24. The standard InChI is InChI=1S/C36H46N2O2/c1-25(2)19-29-9-10-32(36(21-29)39-6)24-40-33-13-14-34-28(5)31(12-11-30(34)22-33)23-37-15-17-38(18-16-37)35-20-26(3)7-8-27(35)4/h7-10,13-14,20-22,25H,11-12,15-19,23-24H2,1-6H3. The van der Waals surface area contributed by atoms with Gasteiger partial charge >= 0.3 is 0 Å². The van der Waals surface area contributed by atoms with Gasteiger partial charge in [-0.15, -0.1) is 0 Å². The van der Waals surface area contributed by atoms with Crippen LogP contribution in [0.5, 0.6) is 11.5 Å². The molecule has 1 saturated heterocycles. The van der Waals surface area contributed by atoms with E-state index in [1.165, 1.54) is 39.1 Å². The lowest BCUT2D eigenvalue weighted by Crippen LogP contribution is -2.47. The van der Waals surface area contributed by atoms with Crippen LogP contribution in [0.2, 0.25) is 0 Å². The van der Waals surface area contributed by atoms with Gasteiger partial charge in [-0.3, -0.25) is 4.90 Å². The molecule has 0 bridgehead atoms. The van der Waals surface area contributed by atoms with Gasteiger partial charge in [0.05, 0.1) is 7.11 Å². The number of piperazine rings is 1. The van der Waals surface area contributed by atoms with E-state index in [-0.39, 0.29) is 0 Å². The van der Waals surface area contributed by atoms with Crippen LogP contribution in [0.4, 0.5) is 5.69 Å². The number of hydrogen-bond acceptors (Lipinski definition) is 4. The van der Waals surface area contributed by atoms with Gasteiger partial charge in [0, 0.05) is 44.0 Å². The van der Waals surface area contributed by atoms with Gasteiger partial charge in [-0.05, 0) is 104 Å². The molecule has 3 aromatic carbocycles. The molecule has 0 saturated carbocycles. The van der Waals surface area contributed by atoms with Gasteiger partial charge in [0.1, 0.15) is 18.1 Å². The lowest BCUT2D eigenvalue weighted by Gasteiger charge is -2.38. The van der Waals surface area contributed by atoms with E-state index < -0.39 is 0 Å². The SMILES string of the molecule is COc1cc(CC(C)C)ccc1COc1ccc2c(c1)CCC(CN1CCN(c3cc(C)ccc3C)CC1)=C2C. The molecule has 0 radical (unpaired) electrons. The highest BCUT2D eigenvalue weighted by molar-refractivity contribution is 5.72. The Morgan fingerprint density at radius 2 is 1.65 bits per heavy atom. The molecule has 4 heteroatoms. The topological polar surface area (TPSA) is 24.9 Å². The zero-order chi connectivity index (χ0) is 28.2. The van der Waals surface area contributed by atoms with E-state index in [0.29, 0.717) is 12.5 Å². The maximum Gasteiger partial charge on any atom is 0.125 e. The summed E-state index contributed by atoms with van der Waals surface area (Å²) in [7, 11) is 1.74. The van der Waals surface area contributed by atoms with E-state index in [0.717, 1.165) is 69.0 Å². The molecule has 0 spiro atoms. The number of allylic oxidation sites excluding steroid dienone is 1. The fourth-order valence-corrected chi connectivity index (χ4v) is 6.24. The lowest BCUT2D eigenvalue weighted by molar-refractivity contribution is 0.276. The summed E-state index contributed by atoms with van der Waals surface area (Å²) in [6.07, 6.45) is 3.26. The first kappa shape index (κ1) is 28.3. The molecular weight excluding hydrogens is 492 g/mol. The molecule has 1 fully saturated rings. The highest BCUT2D eigenvalue weighted by Crippen LogP contribution is 2.34. The Morgan fingerprint density at radius 3 is 2.40 bits per heavy atom. The molecule has 0 amide bonds. The summed E-state index contributed by atoms with van der Waals surface area (Å²) in [6, 6.07) is 20.0. The quantitative estimate of drug-likeness (QED) is 0.280. The van der Waals surface area contributed by atoms with Gasteiger partial charge in [0.15, 0.2) is 0 Å². The molecule has 2 aliphatic rings. The van der Waals surface area contributed by atoms with Crippen molar-refractivity contribution in [3.8, 4) is 11.5 Å². The van der Waals surface area contributed by atoms with Crippen molar-refractivity contribution in [2.75, 3.05) is 44.7 Å². The minimum atomic E-state index is 0.512. The minimum Gasteiger partial charge on any atom is -0.496 e. The smallest absolute Gasteiger partial charge is 0.125 e. The molecule has 0 unspecified atom stereocenters. The normalized spacial score (nSPS) is 15.9. The van der Waals surface area contributed by atoms with Crippen molar-refractivity contribution in [1.82, 2.24) is 4.90 Å². The summed E-state index contributed by atoms with van der Waals surface area (Å²) in [5.41, 5.74) is 12.4. The van der Waals surface area contributed by atoms with Gasteiger partial charge in [0.2, 0.25) is 0 Å². The summed E-state index contributed by atoms with van der Waals surface area (Å²) >= 11 is 0. The maximum absolute atomic E-state index is 6.26. The van der Waals surface area contributed by atoms with Gasteiger partial charge < -0.3 is 14.4 Å². The van der Waals surface area contributed by atoms with Crippen LogP contribution >= 0.6 is 0 Å². The molecular formula is C36H46N2O2. The van der Waals surface area contributed by atoms with Crippen LogP contribution in [0.3, 0.4) is 0 Å². The predicted molar refractivity (Wildman–Crippen MR) is 168 cm³/mol. The zero-order valence-corrected chi connectivity index (χ0v) is 25.3. The number of fused-ring (bicyclic) bond motifs is 1. The number of methoxy groups -OCH3 is 1. The number of anilines is 1. The molecule has 0 aromatic heterocycles. The minimum absolute atomic E-state index is 0.512. The van der Waals surface area contributed by atoms with Crippen molar-refractivity contribution < 1.29 is 9.47 Å². The molecule has 1 aliphatic heterocycles. The Balaban J connectivity index is 1.20. The summed E-state index contributed by atoms with van der Waals surface area (Å²) < 4.78 is 11.9. The molecule has 0 atom stereocenters. The van der Waals surface area contributed by atoms with Crippen LogP contribution in [0.25, 0.3) is 5.57 Å². The molecule has 5 rings (SSSR count).